The highest BCUT2D eigenvalue weighted by atomic mass is 16.5. The Morgan fingerprint density at radius 1 is 1.37 bits per heavy atom. The lowest BCUT2D eigenvalue weighted by atomic mass is 9.84. The molecule has 2 N–H and O–H groups in total. The van der Waals surface area contributed by atoms with Crippen LogP contribution in [0.25, 0.3) is 0 Å². The van der Waals surface area contributed by atoms with E-state index in [-0.39, 0.29) is 47.7 Å². The second kappa shape index (κ2) is 9.16. The van der Waals surface area contributed by atoms with Crippen molar-refractivity contribution in [3.05, 3.63) is 29.3 Å². The first-order valence-electron chi connectivity index (χ1n) is 10.7. The predicted molar refractivity (Wildman–Crippen MR) is 112 cm³/mol. The zero-order valence-electron chi connectivity index (χ0n) is 18.1. The summed E-state index contributed by atoms with van der Waals surface area (Å²) in [7, 11) is 0. The van der Waals surface area contributed by atoms with Crippen LogP contribution in [0.3, 0.4) is 0 Å². The Hall–Kier alpha value is -2.41. The van der Waals surface area contributed by atoms with Crippen LogP contribution in [-0.4, -0.2) is 53.5 Å². The van der Waals surface area contributed by atoms with Crippen molar-refractivity contribution in [1.29, 1.82) is 0 Å². The van der Waals surface area contributed by atoms with Crippen LogP contribution in [0.2, 0.25) is 0 Å². The monoisotopic (exact) mass is 416 g/mol. The summed E-state index contributed by atoms with van der Waals surface area (Å²) in [4.78, 5) is 38.6. The SMILES string of the molecule is CCN(C(=O)[C@H]1CC[C@](C)(CCNC(=O)c2ccc(O)c(C)c2)C1)[C@@H]1CC(=O)CO1. The van der Waals surface area contributed by atoms with Gasteiger partial charge >= 0.3 is 0 Å². The van der Waals surface area contributed by atoms with Gasteiger partial charge in [0.1, 0.15) is 18.6 Å². The van der Waals surface area contributed by atoms with Gasteiger partial charge in [-0.15, -0.1) is 0 Å². The Bertz CT molecular complexity index is 824. The molecule has 1 aromatic rings. The van der Waals surface area contributed by atoms with E-state index in [4.69, 9.17) is 4.74 Å². The van der Waals surface area contributed by atoms with Gasteiger partial charge in [-0.25, -0.2) is 0 Å². The Labute approximate surface area is 177 Å². The summed E-state index contributed by atoms with van der Waals surface area (Å²) in [6.45, 7) is 7.01. The third kappa shape index (κ3) is 5.01. The Balaban J connectivity index is 1.50. The molecule has 3 rings (SSSR count). The number of carbonyl (C=O) groups is 3. The number of hydrogen-bond acceptors (Lipinski definition) is 5. The number of aromatic hydroxyl groups is 1. The van der Waals surface area contributed by atoms with Gasteiger partial charge in [0, 0.05) is 24.6 Å². The number of nitrogens with zero attached hydrogens (tertiary/aromatic N) is 1. The number of nitrogens with one attached hydrogen (secondary N) is 1. The van der Waals surface area contributed by atoms with Gasteiger partial charge in [0.25, 0.3) is 5.91 Å². The second-order valence-electron chi connectivity index (χ2n) is 8.89. The lowest BCUT2D eigenvalue weighted by molar-refractivity contribution is -0.146. The van der Waals surface area contributed by atoms with Gasteiger partial charge in [-0.3, -0.25) is 14.4 Å². The lowest BCUT2D eigenvalue weighted by Gasteiger charge is -2.30. The van der Waals surface area contributed by atoms with Crippen LogP contribution in [0, 0.1) is 18.3 Å². The minimum Gasteiger partial charge on any atom is -0.508 e. The van der Waals surface area contributed by atoms with Crippen LogP contribution < -0.4 is 5.32 Å². The maximum Gasteiger partial charge on any atom is 0.251 e. The maximum absolute atomic E-state index is 13.0. The minimum absolute atomic E-state index is 0.00968. The van der Waals surface area contributed by atoms with Crippen LogP contribution in [0.4, 0.5) is 0 Å². The fourth-order valence-electron chi connectivity index (χ4n) is 4.57. The molecule has 164 valence electrons. The van der Waals surface area contributed by atoms with Gasteiger partial charge in [-0.2, -0.15) is 0 Å². The molecule has 1 heterocycles. The smallest absolute Gasteiger partial charge is 0.251 e. The number of ketones is 1. The van der Waals surface area contributed by atoms with E-state index in [2.05, 4.69) is 12.2 Å². The number of hydrogen-bond donors (Lipinski definition) is 2. The van der Waals surface area contributed by atoms with E-state index in [0.29, 0.717) is 24.2 Å². The lowest BCUT2D eigenvalue weighted by Crippen LogP contribution is -2.43. The fraction of sp³-hybridized carbons (Fsp3) is 0.609. The van der Waals surface area contributed by atoms with Gasteiger partial charge in [0.05, 0.1) is 6.42 Å². The van der Waals surface area contributed by atoms with E-state index in [1.165, 1.54) is 6.07 Å². The molecule has 1 saturated heterocycles. The molecule has 0 unspecified atom stereocenters. The molecule has 2 fully saturated rings. The van der Waals surface area contributed by atoms with Gasteiger partial charge in [-0.1, -0.05) is 6.92 Å². The number of phenols is 1. The number of amides is 2. The van der Waals surface area contributed by atoms with Crippen LogP contribution in [0.5, 0.6) is 5.75 Å². The quantitative estimate of drug-likeness (QED) is 0.713. The first-order valence-corrected chi connectivity index (χ1v) is 10.7. The molecule has 0 bridgehead atoms. The van der Waals surface area contributed by atoms with Crippen molar-refractivity contribution in [2.24, 2.45) is 11.3 Å². The normalized spacial score (nSPS) is 26.0. The van der Waals surface area contributed by atoms with E-state index >= 15 is 0 Å². The maximum atomic E-state index is 13.0. The second-order valence-corrected chi connectivity index (χ2v) is 8.89. The first-order chi connectivity index (χ1) is 14.2. The molecule has 0 radical (unpaired) electrons. The molecule has 2 aliphatic rings. The van der Waals surface area contributed by atoms with Gasteiger partial charge in [0.2, 0.25) is 5.91 Å². The molecular formula is C23H32N2O5. The first kappa shape index (κ1) is 22.3. The van der Waals surface area contributed by atoms with Crippen molar-refractivity contribution < 1.29 is 24.2 Å². The van der Waals surface area contributed by atoms with Crippen molar-refractivity contribution in [3.63, 3.8) is 0 Å². The molecule has 1 aliphatic heterocycles. The number of aryl methyl sites for hydroxylation is 1. The molecular weight excluding hydrogens is 384 g/mol. The molecule has 1 aromatic carbocycles. The van der Waals surface area contributed by atoms with Crippen molar-refractivity contribution in [1.82, 2.24) is 10.2 Å². The molecule has 7 heteroatoms. The summed E-state index contributed by atoms with van der Waals surface area (Å²) in [5.41, 5.74) is 1.18. The Kier molecular flexibility index (Phi) is 6.81. The predicted octanol–water partition coefficient (Wildman–Crippen LogP) is 2.79. The van der Waals surface area contributed by atoms with Gasteiger partial charge in [-0.05, 0) is 68.7 Å². The van der Waals surface area contributed by atoms with Crippen LogP contribution in [-0.2, 0) is 14.3 Å². The van der Waals surface area contributed by atoms with E-state index in [0.717, 1.165) is 25.7 Å². The summed E-state index contributed by atoms with van der Waals surface area (Å²) in [5.74, 6) is 0.0676. The van der Waals surface area contributed by atoms with Crippen molar-refractivity contribution in [2.45, 2.75) is 59.1 Å². The molecule has 3 atom stereocenters. The van der Waals surface area contributed by atoms with Crippen molar-refractivity contribution >= 4 is 17.6 Å². The number of benzene rings is 1. The zero-order valence-corrected chi connectivity index (χ0v) is 18.1. The van der Waals surface area contributed by atoms with Crippen LogP contribution >= 0.6 is 0 Å². The summed E-state index contributed by atoms with van der Waals surface area (Å²) in [6, 6.07) is 4.81. The molecule has 30 heavy (non-hydrogen) atoms. The average molecular weight is 417 g/mol. The number of phenolic OH excluding ortho intramolecular Hbond substituents is 1. The van der Waals surface area contributed by atoms with E-state index in [9.17, 15) is 19.5 Å². The average Bonchev–Trinajstić information content (AvgIpc) is 3.30. The van der Waals surface area contributed by atoms with Gasteiger partial charge in [0.15, 0.2) is 5.78 Å². The third-order valence-electron chi connectivity index (χ3n) is 6.47. The summed E-state index contributed by atoms with van der Waals surface area (Å²) >= 11 is 0. The largest absolute Gasteiger partial charge is 0.508 e. The molecule has 1 saturated carbocycles. The molecule has 1 aliphatic carbocycles. The Morgan fingerprint density at radius 2 is 2.13 bits per heavy atom. The van der Waals surface area contributed by atoms with Crippen LogP contribution in [0.1, 0.15) is 61.9 Å². The topological polar surface area (TPSA) is 95.9 Å². The van der Waals surface area contributed by atoms with Crippen LogP contribution in [0.15, 0.2) is 18.2 Å². The van der Waals surface area contributed by atoms with Crippen molar-refractivity contribution in [2.75, 3.05) is 19.7 Å². The summed E-state index contributed by atoms with van der Waals surface area (Å²) in [6.07, 6.45) is 3.18. The molecule has 7 nitrogen and oxygen atoms in total. The highest BCUT2D eigenvalue weighted by Crippen LogP contribution is 2.44. The van der Waals surface area contributed by atoms with E-state index in [1.807, 2.05) is 6.92 Å². The standard InChI is InChI=1S/C23H32N2O5/c1-4-25(20-12-18(26)14-30-20)22(29)17-7-8-23(3,13-17)9-10-24-21(28)16-5-6-19(27)15(2)11-16/h5-6,11,17,20,27H,4,7-10,12-14H2,1-3H3,(H,24,28)/t17-,20-,23+/m0/s1. The number of Topliss-reactive ketones (excluding diaryl/α,β-unsaturated/α-hetero) is 1. The Morgan fingerprint density at radius 3 is 2.77 bits per heavy atom. The highest BCUT2D eigenvalue weighted by molar-refractivity contribution is 5.94. The minimum atomic E-state index is -0.421. The molecule has 0 spiro atoms. The molecule has 0 aromatic heterocycles. The number of ether oxygens (including phenoxy) is 1. The van der Waals surface area contributed by atoms with Gasteiger partial charge < -0.3 is 20.1 Å². The van der Waals surface area contributed by atoms with Crippen molar-refractivity contribution in [3.8, 4) is 5.75 Å². The number of carbonyl (C=O) groups excluding carboxylic acids is 3. The number of rotatable bonds is 7. The van der Waals surface area contributed by atoms with E-state index in [1.54, 1.807) is 24.0 Å². The fourth-order valence-corrected chi connectivity index (χ4v) is 4.57. The highest BCUT2D eigenvalue weighted by Gasteiger charge is 2.41. The van der Waals surface area contributed by atoms with E-state index < -0.39 is 6.23 Å². The summed E-state index contributed by atoms with van der Waals surface area (Å²) in [5, 5.41) is 12.6. The molecule has 2 amide bonds. The summed E-state index contributed by atoms with van der Waals surface area (Å²) < 4.78 is 5.49. The third-order valence-corrected chi connectivity index (χ3v) is 6.47. The zero-order chi connectivity index (χ0) is 21.9.